The Kier molecular flexibility index (Phi) is 14.1. The molecule has 0 aromatic rings. The third-order valence-electron chi connectivity index (χ3n) is 4.89. The van der Waals surface area contributed by atoms with Crippen LogP contribution in [0.1, 0.15) is 52.4 Å². The quantitative estimate of drug-likeness (QED) is 0.0957. The molecule has 0 saturated carbocycles. The monoisotopic (exact) mass is 487 g/mol. The van der Waals surface area contributed by atoms with Crippen molar-refractivity contribution in [1.82, 2.24) is 16.0 Å². The van der Waals surface area contributed by atoms with Crippen molar-refractivity contribution in [3.05, 3.63) is 0 Å². The van der Waals surface area contributed by atoms with Gasteiger partial charge in [-0.05, 0) is 31.7 Å². The fourth-order valence-electron chi connectivity index (χ4n) is 2.92. The Balaban J connectivity index is 5.50. The summed E-state index contributed by atoms with van der Waals surface area (Å²) in [6, 6.07) is -5.04. The number of primary amides is 2. The van der Waals surface area contributed by atoms with Crippen LogP contribution in [0, 0.1) is 5.92 Å². The molecular weight excluding hydrogens is 450 g/mol. The molecule has 0 radical (unpaired) electrons. The molecule has 0 aliphatic heterocycles. The van der Waals surface area contributed by atoms with Gasteiger partial charge >= 0.3 is 5.97 Å². The van der Waals surface area contributed by atoms with Crippen molar-refractivity contribution in [2.24, 2.45) is 28.9 Å². The minimum Gasteiger partial charge on any atom is -0.480 e. The molecule has 0 spiro atoms. The first-order valence-corrected chi connectivity index (χ1v) is 11.0. The first-order valence-electron chi connectivity index (χ1n) is 11.0. The van der Waals surface area contributed by atoms with E-state index in [2.05, 4.69) is 16.0 Å². The third kappa shape index (κ3) is 12.1. The predicted octanol–water partition coefficient (Wildman–Crippen LogP) is -3.22. The number of carboxylic acid groups (broad SMARTS) is 1. The molecular formula is C20H37N7O7. The fourth-order valence-corrected chi connectivity index (χ4v) is 2.92. The summed E-state index contributed by atoms with van der Waals surface area (Å²) in [7, 11) is 0. The zero-order valence-corrected chi connectivity index (χ0v) is 19.5. The van der Waals surface area contributed by atoms with Gasteiger partial charge in [-0.3, -0.25) is 24.0 Å². The highest BCUT2D eigenvalue weighted by atomic mass is 16.4. The Hall–Kier alpha value is -3.26. The van der Waals surface area contributed by atoms with Crippen LogP contribution in [0.5, 0.6) is 0 Å². The number of nitrogens with two attached hydrogens (primary N) is 4. The summed E-state index contributed by atoms with van der Waals surface area (Å²) in [5, 5.41) is 16.2. The summed E-state index contributed by atoms with van der Waals surface area (Å²) in [4.78, 5) is 71.9. The summed E-state index contributed by atoms with van der Waals surface area (Å²) >= 11 is 0. The van der Waals surface area contributed by atoms with Gasteiger partial charge in [0.15, 0.2) is 0 Å². The molecule has 4 atom stereocenters. The minimum atomic E-state index is -1.52. The van der Waals surface area contributed by atoms with E-state index in [-0.39, 0.29) is 12.8 Å². The SMILES string of the molecule is CC(C)C(NC(=O)C(CC(N)=O)NC(=O)C(CCC(N)=O)NC(=O)C(N)CCCCN)C(=O)O. The molecule has 5 amide bonds. The number of hydrogen-bond donors (Lipinski definition) is 8. The Morgan fingerprint density at radius 1 is 0.794 bits per heavy atom. The van der Waals surface area contributed by atoms with Crippen LogP contribution in [-0.2, 0) is 28.8 Å². The number of aliphatic carboxylic acids is 1. The number of carbonyl (C=O) groups excluding carboxylic acids is 5. The summed E-state index contributed by atoms with van der Waals surface area (Å²) in [6.07, 6.45) is 0.469. The maximum Gasteiger partial charge on any atom is 0.326 e. The Morgan fingerprint density at radius 2 is 1.35 bits per heavy atom. The number of rotatable bonds is 17. The average molecular weight is 488 g/mol. The molecule has 0 bridgehead atoms. The second-order valence-electron chi connectivity index (χ2n) is 8.26. The van der Waals surface area contributed by atoms with Gasteiger partial charge in [-0.15, -0.1) is 0 Å². The normalized spacial score (nSPS) is 14.4. The number of carboxylic acids is 1. The molecule has 12 N–H and O–H groups in total. The van der Waals surface area contributed by atoms with Gasteiger partial charge in [-0.2, -0.15) is 0 Å². The van der Waals surface area contributed by atoms with Crippen molar-refractivity contribution in [3.63, 3.8) is 0 Å². The molecule has 34 heavy (non-hydrogen) atoms. The largest absolute Gasteiger partial charge is 0.480 e. The molecule has 0 rings (SSSR count). The standard InChI is InChI=1S/C20H37N7O7/c1-10(2)16(20(33)34)27-19(32)13(9-15(24)29)26-18(31)12(6-7-14(23)28)25-17(30)11(22)5-3-4-8-21/h10-13,16H,3-9,21-22H2,1-2H3,(H2,23,28)(H2,24,29)(H,25,30)(H,26,31)(H,27,32)(H,33,34). The topological polar surface area (TPSA) is 263 Å². The average Bonchev–Trinajstić information content (AvgIpc) is 2.72. The molecule has 0 saturated heterocycles. The van der Waals surface area contributed by atoms with E-state index in [4.69, 9.17) is 22.9 Å². The third-order valence-corrected chi connectivity index (χ3v) is 4.89. The van der Waals surface area contributed by atoms with E-state index >= 15 is 0 Å². The highest BCUT2D eigenvalue weighted by Crippen LogP contribution is 2.06. The van der Waals surface area contributed by atoms with Crippen molar-refractivity contribution >= 4 is 35.5 Å². The van der Waals surface area contributed by atoms with E-state index in [0.717, 1.165) is 0 Å². The second-order valence-corrected chi connectivity index (χ2v) is 8.26. The molecule has 4 unspecified atom stereocenters. The molecule has 0 aliphatic rings. The number of amides is 5. The lowest BCUT2D eigenvalue weighted by Gasteiger charge is -2.25. The first kappa shape index (κ1) is 30.7. The summed E-state index contributed by atoms with van der Waals surface area (Å²) < 4.78 is 0. The molecule has 0 aliphatic carbocycles. The van der Waals surface area contributed by atoms with Crippen LogP contribution in [0.4, 0.5) is 0 Å². The summed E-state index contributed by atoms with van der Waals surface area (Å²) in [5.74, 6) is -5.97. The van der Waals surface area contributed by atoms with Crippen molar-refractivity contribution in [2.75, 3.05) is 6.54 Å². The van der Waals surface area contributed by atoms with Gasteiger partial charge in [0.2, 0.25) is 29.5 Å². The fraction of sp³-hybridized carbons (Fsp3) is 0.700. The van der Waals surface area contributed by atoms with Gasteiger partial charge in [0, 0.05) is 6.42 Å². The van der Waals surface area contributed by atoms with Crippen molar-refractivity contribution in [3.8, 4) is 0 Å². The van der Waals surface area contributed by atoms with E-state index < -0.39 is 72.0 Å². The lowest BCUT2D eigenvalue weighted by atomic mass is 10.0. The van der Waals surface area contributed by atoms with Crippen molar-refractivity contribution < 1.29 is 33.9 Å². The predicted molar refractivity (Wildman–Crippen MR) is 121 cm³/mol. The maximum atomic E-state index is 12.8. The zero-order valence-electron chi connectivity index (χ0n) is 19.5. The molecule has 0 aromatic heterocycles. The van der Waals surface area contributed by atoms with E-state index in [9.17, 15) is 33.9 Å². The minimum absolute atomic E-state index is 0.197. The molecule has 0 heterocycles. The number of carbonyl (C=O) groups is 6. The highest BCUT2D eigenvalue weighted by molar-refractivity contribution is 5.96. The van der Waals surface area contributed by atoms with Gasteiger partial charge in [0.1, 0.15) is 18.1 Å². The lowest BCUT2D eigenvalue weighted by molar-refractivity contribution is -0.143. The number of hydrogen-bond acceptors (Lipinski definition) is 8. The van der Waals surface area contributed by atoms with Gasteiger partial charge in [0.25, 0.3) is 0 Å². The number of unbranched alkanes of at least 4 members (excludes halogenated alkanes) is 1. The lowest BCUT2D eigenvalue weighted by Crippen LogP contribution is -2.58. The Bertz CT molecular complexity index is 745. The second kappa shape index (κ2) is 15.6. The van der Waals surface area contributed by atoms with Crippen LogP contribution in [0.15, 0.2) is 0 Å². The molecule has 0 fully saturated rings. The van der Waals surface area contributed by atoms with E-state index in [0.29, 0.717) is 25.8 Å². The van der Waals surface area contributed by atoms with Gasteiger partial charge in [-0.1, -0.05) is 20.3 Å². The van der Waals surface area contributed by atoms with E-state index in [1.807, 2.05) is 0 Å². The van der Waals surface area contributed by atoms with Crippen LogP contribution < -0.4 is 38.9 Å². The molecule has 14 heteroatoms. The maximum absolute atomic E-state index is 12.8. The first-order chi connectivity index (χ1) is 15.8. The van der Waals surface area contributed by atoms with Crippen LogP contribution in [0.2, 0.25) is 0 Å². The van der Waals surface area contributed by atoms with E-state index in [1.54, 1.807) is 13.8 Å². The summed E-state index contributed by atoms with van der Waals surface area (Å²) in [6.45, 7) is 3.56. The van der Waals surface area contributed by atoms with Crippen molar-refractivity contribution in [1.29, 1.82) is 0 Å². The Morgan fingerprint density at radius 3 is 1.82 bits per heavy atom. The van der Waals surface area contributed by atoms with Gasteiger partial charge in [0.05, 0.1) is 12.5 Å². The van der Waals surface area contributed by atoms with E-state index in [1.165, 1.54) is 0 Å². The molecule has 14 nitrogen and oxygen atoms in total. The zero-order chi connectivity index (χ0) is 26.4. The van der Waals surface area contributed by atoms with Crippen molar-refractivity contribution in [2.45, 2.75) is 76.5 Å². The molecule has 194 valence electrons. The van der Waals surface area contributed by atoms with Gasteiger partial charge < -0.3 is 44.0 Å². The Labute approximate surface area is 197 Å². The summed E-state index contributed by atoms with van der Waals surface area (Å²) in [5.41, 5.74) is 21.5. The van der Waals surface area contributed by atoms with Crippen LogP contribution in [0.3, 0.4) is 0 Å². The van der Waals surface area contributed by atoms with Crippen LogP contribution in [0.25, 0.3) is 0 Å². The van der Waals surface area contributed by atoms with Gasteiger partial charge in [-0.25, -0.2) is 4.79 Å². The highest BCUT2D eigenvalue weighted by Gasteiger charge is 2.32. The molecule has 0 aromatic carbocycles. The number of nitrogens with one attached hydrogen (secondary N) is 3. The van der Waals surface area contributed by atoms with Crippen LogP contribution in [-0.4, -0.2) is 71.3 Å². The van der Waals surface area contributed by atoms with Crippen LogP contribution >= 0.6 is 0 Å². The smallest absolute Gasteiger partial charge is 0.326 e.